The monoisotopic (exact) mass is 291 g/mol. The normalized spacial score (nSPS) is 12.9. The summed E-state index contributed by atoms with van der Waals surface area (Å²) in [4.78, 5) is 4.82. The van der Waals surface area contributed by atoms with Crippen molar-refractivity contribution in [2.75, 3.05) is 0 Å². The molecule has 0 radical (unpaired) electrons. The minimum atomic E-state index is 0.531. The molecule has 1 heterocycles. The van der Waals surface area contributed by atoms with E-state index in [1.807, 2.05) is 18.3 Å². The van der Waals surface area contributed by atoms with Crippen LogP contribution in [0.4, 0.5) is 0 Å². The van der Waals surface area contributed by atoms with Gasteiger partial charge < -0.3 is 0 Å². The van der Waals surface area contributed by atoms with Crippen molar-refractivity contribution in [1.82, 2.24) is 4.98 Å². The fourth-order valence-corrected chi connectivity index (χ4v) is 1.65. The van der Waals surface area contributed by atoms with Crippen LogP contribution in [0.5, 0.6) is 0 Å². The van der Waals surface area contributed by atoms with Crippen LogP contribution in [0.2, 0.25) is 0 Å². The van der Waals surface area contributed by atoms with Crippen LogP contribution in [0.1, 0.15) is 19.0 Å². The van der Waals surface area contributed by atoms with Gasteiger partial charge in [0.1, 0.15) is 0 Å². The van der Waals surface area contributed by atoms with Crippen LogP contribution in [-0.2, 0) is 6.42 Å². The van der Waals surface area contributed by atoms with Crippen molar-refractivity contribution >= 4 is 31.9 Å². The van der Waals surface area contributed by atoms with E-state index in [0.29, 0.717) is 4.83 Å². The van der Waals surface area contributed by atoms with Crippen LogP contribution in [0.15, 0.2) is 22.8 Å². The molecule has 0 fully saturated rings. The van der Waals surface area contributed by atoms with Crippen molar-refractivity contribution in [2.24, 2.45) is 0 Å². The molecule has 0 aliphatic carbocycles. The van der Waals surface area contributed by atoms with Crippen LogP contribution in [0, 0.1) is 0 Å². The Hall–Kier alpha value is 0.110. The Labute approximate surface area is 89.8 Å². The predicted octanol–water partition coefficient (Wildman–Crippen LogP) is 3.56. The zero-order valence-electron chi connectivity index (χ0n) is 6.93. The average Bonchev–Trinajstić information content (AvgIpc) is 2.09. The van der Waals surface area contributed by atoms with Gasteiger partial charge in [-0.25, -0.2) is 0 Å². The first-order valence-electron chi connectivity index (χ1n) is 3.97. The fraction of sp³-hybridized carbons (Fsp3) is 0.444. The highest BCUT2D eigenvalue weighted by atomic mass is 79.9. The highest BCUT2D eigenvalue weighted by molar-refractivity contribution is 9.10. The van der Waals surface area contributed by atoms with E-state index in [9.17, 15) is 0 Å². The second kappa shape index (κ2) is 4.97. The first-order chi connectivity index (χ1) is 5.74. The van der Waals surface area contributed by atoms with Crippen molar-refractivity contribution in [3.05, 3.63) is 28.5 Å². The van der Waals surface area contributed by atoms with Crippen LogP contribution in [0.25, 0.3) is 0 Å². The SMILES string of the molecule is CCC(Br)Cc1ncccc1Br. The molecule has 0 aliphatic heterocycles. The van der Waals surface area contributed by atoms with Gasteiger partial charge >= 0.3 is 0 Å². The van der Waals surface area contributed by atoms with Gasteiger partial charge in [0.2, 0.25) is 0 Å². The van der Waals surface area contributed by atoms with Gasteiger partial charge in [-0.3, -0.25) is 4.98 Å². The smallest absolute Gasteiger partial charge is 0.0556 e. The molecule has 0 aromatic carbocycles. The fourth-order valence-electron chi connectivity index (χ4n) is 0.923. The third-order valence-electron chi connectivity index (χ3n) is 1.69. The van der Waals surface area contributed by atoms with E-state index in [1.54, 1.807) is 0 Å². The lowest BCUT2D eigenvalue weighted by atomic mass is 10.2. The molecule has 66 valence electrons. The maximum absolute atomic E-state index is 4.29. The van der Waals surface area contributed by atoms with Gasteiger partial charge in [-0.1, -0.05) is 22.9 Å². The molecule has 1 unspecified atom stereocenters. The van der Waals surface area contributed by atoms with Gasteiger partial charge in [0.05, 0.1) is 5.69 Å². The van der Waals surface area contributed by atoms with Crippen molar-refractivity contribution in [1.29, 1.82) is 0 Å². The number of nitrogens with zero attached hydrogens (tertiary/aromatic N) is 1. The molecule has 1 rings (SSSR count). The molecular formula is C9H11Br2N. The molecule has 0 saturated heterocycles. The lowest BCUT2D eigenvalue weighted by Crippen LogP contribution is -2.02. The van der Waals surface area contributed by atoms with Gasteiger partial charge in [-0.15, -0.1) is 0 Å². The molecule has 0 N–H and O–H groups in total. The molecule has 1 aromatic rings. The first-order valence-corrected chi connectivity index (χ1v) is 5.68. The summed E-state index contributed by atoms with van der Waals surface area (Å²) >= 11 is 7.06. The molecule has 3 heteroatoms. The van der Waals surface area contributed by atoms with Crippen molar-refractivity contribution < 1.29 is 0 Å². The zero-order valence-corrected chi connectivity index (χ0v) is 10.1. The summed E-state index contributed by atoms with van der Waals surface area (Å²) in [5.74, 6) is 0. The van der Waals surface area contributed by atoms with Crippen LogP contribution >= 0.6 is 31.9 Å². The Morgan fingerprint density at radius 2 is 2.33 bits per heavy atom. The van der Waals surface area contributed by atoms with E-state index >= 15 is 0 Å². The van der Waals surface area contributed by atoms with Crippen molar-refractivity contribution in [3.63, 3.8) is 0 Å². The lowest BCUT2D eigenvalue weighted by Gasteiger charge is -2.06. The topological polar surface area (TPSA) is 12.9 Å². The van der Waals surface area contributed by atoms with E-state index in [0.717, 1.165) is 23.0 Å². The Kier molecular flexibility index (Phi) is 4.22. The minimum absolute atomic E-state index is 0.531. The number of alkyl halides is 1. The maximum atomic E-state index is 4.29. The van der Waals surface area contributed by atoms with Crippen LogP contribution in [0.3, 0.4) is 0 Å². The zero-order chi connectivity index (χ0) is 8.97. The maximum Gasteiger partial charge on any atom is 0.0556 e. The quantitative estimate of drug-likeness (QED) is 0.776. The number of pyridine rings is 1. The summed E-state index contributed by atoms with van der Waals surface area (Å²) in [7, 11) is 0. The molecule has 0 amide bonds. The number of halogens is 2. The number of hydrogen-bond acceptors (Lipinski definition) is 1. The summed E-state index contributed by atoms with van der Waals surface area (Å²) in [6, 6.07) is 3.96. The Morgan fingerprint density at radius 1 is 1.58 bits per heavy atom. The second-order valence-electron chi connectivity index (χ2n) is 2.64. The molecule has 1 aromatic heterocycles. The summed E-state index contributed by atoms with van der Waals surface area (Å²) in [6.07, 6.45) is 3.94. The summed E-state index contributed by atoms with van der Waals surface area (Å²) < 4.78 is 1.10. The summed E-state index contributed by atoms with van der Waals surface area (Å²) in [5.41, 5.74) is 1.13. The molecule has 0 aliphatic rings. The average molecular weight is 293 g/mol. The second-order valence-corrected chi connectivity index (χ2v) is 4.79. The first kappa shape index (κ1) is 10.2. The van der Waals surface area contributed by atoms with E-state index in [-0.39, 0.29) is 0 Å². The molecule has 0 bridgehead atoms. The lowest BCUT2D eigenvalue weighted by molar-refractivity contribution is 0.805. The van der Waals surface area contributed by atoms with E-state index < -0.39 is 0 Å². The number of hydrogen-bond donors (Lipinski definition) is 0. The van der Waals surface area contributed by atoms with Gasteiger partial charge in [0.15, 0.2) is 0 Å². The Bertz CT molecular complexity index is 250. The highest BCUT2D eigenvalue weighted by Gasteiger charge is 2.06. The predicted molar refractivity (Wildman–Crippen MR) is 58.6 cm³/mol. The van der Waals surface area contributed by atoms with Crippen molar-refractivity contribution in [2.45, 2.75) is 24.6 Å². The number of rotatable bonds is 3. The largest absolute Gasteiger partial charge is 0.260 e. The van der Waals surface area contributed by atoms with Gasteiger partial charge in [-0.05, 0) is 34.5 Å². The highest BCUT2D eigenvalue weighted by Crippen LogP contribution is 2.18. The molecule has 1 atom stereocenters. The Balaban J connectivity index is 2.69. The van der Waals surface area contributed by atoms with E-state index in [1.165, 1.54) is 0 Å². The standard InChI is InChI=1S/C9H11Br2N/c1-2-7(10)6-9-8(11)4-3-5-12-9/h3-5,7H,2,6H2,1H3. The third-order valence-corrected chi connectivity index (χ3v) is 3.39. The van der Waals surface area contributed by atoms with Crippen LogP contribution in [-0.4, -0.2) is 9.81 Å². The van der Waals surface area contributed by atoms with Gasteiger partial charge in [0, 0.05) is 21.9 Å². The summed E-state index contributed by atoms with van der Waals surface area (Å²) in [6.45, 7) is 2.16. The third kappa shape index (κ3) is 2.87. The van der Waals surface area contributed by atoms with Gasteiger partial charge in [0.25, 0.3) is 0 Å². The molecule has 12 heavy (non-hydrogen) atoms. The van der Waals surface area contributed by atoms with Crippen molar-refractivity contribution in [3.8, 4) is 0 Å². The minimum Gasteiger partial charge on any atom is -0.260 e. The Morgan fingerprint density at radius 3 is 2.92 bits per heavy atom. The van der Waals surface area contributed by atoms with E-state index in [4.69, 9.17) is 0 Å². The molecule has 1 nitrogen and oxygen atoms in total. The van der Waals surface area contributed by atoms with E-state index in [2.05, 4.69) is 43.8 Å². The molecular weight excluding hydrogens is 282 g/mol. The number of aromatic nitrogens is 1. The molecule has 0 saturated carbocycles. The van der Waals surface area contributed by atoms with Gasteiger partial charge in [-0.2, -0.15) is 0 Å². The van der Waals surface area contributed by atoms with Crippen LogP contribution < -0.4 is 0 Å². The molecule has 0 spiro atoms. The summed E-state index contributed by atoms with van der Waals surface area (Å²) in [5, 5.41) is 0.